The van der Waals surface area contributed by atoms with Crippen molar-refractivity contribution >= 4 is 26.5 Å². The molecule has 0 radical (unpaired) electrons. The standard InChI is InChI=1S/C19H14F3N5O2S2/c20-19(21,22)14-5-1-12(2-6-14)11-16-24-17(26-25-16)13-3-7-15(8-4-13)31(28,29)27-18-23-9-10-30-18/h1-10H,11H2,(H,23,27)(H,24,25,26). The number of anilines is 1. The summed E-state index contributed by atoms with van der Waals surface area (Å²) in [4.78, 5) is 8.29. The molecule has 0 unspecified atom stereocenters. The van der Waals surface area contributed by atoms with Crippen LogP contribution in [-0.2, 0) is 22.6 Å². The predicted molar refractivity (Wildman–Crippen MR) is 109 cm³/mol. The number of aromatic nitrogens is 4. The Balaban J connectivity index is 1.46. The first-order chi connectivity index (χ1) is 14.7. The Kier molecular flexibility index (Phi) is 5.50. The number of nitrogens with one attached hydrogen (secondary N) is 2. The van der Waals surface area contributed by atoms with Gasteiger partial charge in [-0.25, -0.2) is 18.4 Å². The van der Waals surface area contributed by atoms with Gasteiger partial charge in [0.1, 0.15) is 5.82 Å². The quantitative estimate of drug-likeness (QED) is 0.441. The largest absolute Gasteiger partial charge is 0.416 e. The third-order valence-electron chi connectivity index (χ3n) is 4.26. The van der Waals surface area contributed by atoms with Crippen molar-refractivity contribution in [1.29, 1.82) is 0 Å². The summed E-state index contributed by atoms with van der Waals surface area (Å²) in [6, 6.07) is 10.8. The molecule has 4 rings (SSSR count). The number of H-pyrrole nitrogens is 1. The highest BCUT2D eigenvalue weighted by molar-refractivity contribution is 7.93. The van der Waals surface area contributed by atoms with Crippen LogP contribution in [0.3, 0.4) is 0 Å². The summed E-state index contributed by atoms with van der Waals surface area (Å²) in [5.74, 6) is 0.815. The van der Waals surface area contributed by atoms with Crippen LogP contribution in [0.15, 0.2) is 65.0 Å². The number of hydrogen-bond donors (Lipinski definition) is 2. The second-order valence-electron chi connectivity index (χ2n) is 6.44. The van der Waals surface area contributed by atoms with Gasteiger partial charge in [-0.15, -0.1) is 11.3 Å². The highest BCUT2D eigenvalue weighted by atomic mass is 32.2. The van der Waals surface area contributed by atoms with Crippen LogP contribution < -0.4 is 4.72 Å². The summed E-state index contributed by atoms with van der Waals surface area (Å²) < 4.78 is 65.2. The van der Waals surface area contributed by atoms with Crippen molar-refractivity contribution in [2.75, 3.05) is 4.72 Å². The number of thiazole rings is 1. The average molecular weight is 465 g/mol. The van der Waals surface area contributed by atoms with Crippen molar-refractivity contribution in [2.45, 2.75) is 17.5 Å². The minimum Gasteiger partial charge on any atom is -0.262 e. The zero-order valence-electron chi connectivity index (χ0n) is 15.6. The highest BCUT2D eigenvalue weighted by Crippen LogP contribution is 2.29. The molecule has 2 aromatic heterocycles. The maximum Gasteiger partial charge on any atom is 0.416 e. The van der Waals surface area contributed by atoms with Crippen LogP contribution in [0, 0.1) is 0 Å². The topological polar surface area (TPSA) is 101 Å². The number of hydrogen-bond acceptors (Lipinski definition) is 6. The molecule has 0 saturated carbocycles. The number of alkyl halides is 3. The van der Waals surface area contributed by atoms with E-state index in [0.717, 1.165) is 12.1 Å². The molecule has 0 aliphatic carbocycles. The fourth-order valence-corrected chi connectivity index (χ4v) is 4.53. The molecule has 0 fully saturated rings. The Morgan fingerprint density at radius 3 is 2.35 bits per heavy atom. The highest BCUT2D eigenvalue weighted by Gasteiger charge is 2.29. The molecule has 0 aliphatic rings. The molecule has 2 aromatic carbocycles. The van der Waals surface area contributed by atoms with Gasteiger partial charge in [0.25, 0.3) is 10.0 Å². The van der Waals surface area contributed by atoms with Crippen LogP contribution in [0.5, 0.6) is 0 Å². The summed E-state index contributed by atoms with van der Waals surface area (Å²) in [5, 5.41) is 8.78. The molecule has 0 saturated heterocycles. The molecule has 12 heteroatoms. The van der Waals surface area contributed by atoms with Crippen LogP contribution >= 0.6 is 11.3 Å². The van der Waals surface area contributed by atoms with Crippen molar-refractivity contribution in [2.24, 2.45) is 0 Å². The van der Waals surface area contributed by atoms with Gasteiger partial charge < -0.3 is 0 Å². The Hall–Kier alpha value is -3.25. The summed E-state index contributed by atoms with van der Waals surface area (Å²) in [7, 11) is -3.76. The zero-order chi connectivity index (χ0) is 22.1. The van der Waals surface area contributed by atoms with Gasteiger partial charge in [-0.3, -0.25) is 9.82 Å². The summed E-state index contributed by atoms with van der Waals surface area (Å²) in [6.45, 7) is 0. The van der Waals surface area contributed by atoms with Crippen molar-refractivity contribution < 1.29 is 21.6 Å². The normalized spacial score (nSPS) is 12.1. The smallest absolute Gasteiger partial charge is 0.262 e. The number of sulfonamides is 1. The molecule has 2 N–H and O–H groups in total. The average Bonchev–Trinajstić information content (AvgIpc) is 3.40. The summed E-state index contributed by atoms with van der Waals surface area (Å²) >= 11 is 1.17. The molecule has 0 bridgehead atoms. The lowest BCUT2D eigenvalue weighted by atomic mass is 10.1. The van der Waals surface area contributed by atoms with Crippen molar-refractivity contribution in [3.63, 3.8) is 0 Å². The lowest BCUT2D eigenvalue weighted by molar-refractivity contribution is -0.137. The van der Waals surface area contributed by atoms with E-state index >= 15 is 0 Å². The second kappa shape index (κ2) is 8.12. The predicted octanol–water partition coefficient (Wildman–Crippen LogP) is 4.34. The first-order valence-electron chi connectivity index (χ1n) is 8.81. The van der Waals surface area contributed by atoms with E-state index in [4.69, 9.17) is 0 Å². The zero-order valence-corrected chi connectivity index (χ0v) is 17.2. The molecular formula is C19H14F3N5O2S2. The van der Waals surface area contributed by atoms with Gasteiger partial charge in [0.15, 0.2) is 11.0 Å². The van der Waals surface area contributed by atoms with E-state index < -0.39 is 21.8 Å². The first-order valence-corrected chi connectivity index (χ1v) is 11.2. The van der Waals surface area contributed by atoms with E-state index in [2.05, 4.69) is 24.9 Å². The number of rotatable bonds is 6. The van der Waals surface area contributed by atoms with Gasteiger partial charge in [-0.1, -0.05) is 12.1 Å². The molecule has 0 amide bonds. The van der Waals surface area contributed by atoms with E-state index in [-0.39, 0.29) is 16.4 Å². The van der Waals surface area contributed by atoms with Gasteiger partial charge in [0.2, 0.25) is 0 Å². The lowest BCUT2D eigenvalue weighted by Crippen LogP contribution is -2.12. The van der Waals surface area contributed by atoms with E-state index in [1.807, 2.05) is 0 Å². The SMILES string of the molecule is O=S(=O)(Nc1nccs1)c1ccc(-c2n[nH]c(Cc3ccc(C(F)(F)F)cc3)n2)cc1. The molecule has 4 aromatic rings. The van der Waals surface area contributed by atoms with E-state index in [1.54, 1.807) is 17.5 Å². The maximum atomic E-state index is 12.7. The van der Waals surface area contributed by atoms with Gasteiger partial charge in [-0.2, -0.15) is 18.3 Å². The van der Waals surface area contributed by atoms with E-state index in [9.17, 15) is 21.6 Å². The second-order valence-corrected chi connectivity index (χ2v) is 9.02. The third kappa shape index (κ3) is 4.91. The Labute approximate surface area is 179 Å². The van der Waals surface area contributed by atoms with Gasteiger partial charge >= 0.3 is 6.18 Å². The van der Waals surface area contributed by atoms with Gasteiger partial charge in [0, 0.05) is 23.6 Å². The number of halogens is 3. The molecule has 160 valence electrons. The Morgan fingerprint density at radius 1 is 1.03 bits per heavy atom. The fraction of sp³-hybridized carbons (Fsp3) is 0.105. The van der Waals surface area contributed by atoms with Crippen LogP contribution in [0.25, 0.3) is 11.4 Å². The molecule has 0 atom stereocenters. The Bertz CT molecular complexity index is 1270. The third-order valence-corrected chi connectivity index (χ3v) is 6.43. The molecule has 0 aliphatic heterocycles. The molecule has 2 heterocycles. The van der Waals surface area contributed by atoms with Crippen LogP contribution in [-0.4, -0.2) is 28.6 Å². The van der Waals surface area contributed by atoms with Crippen molar-refractivity contribution in [3.8, 4) is 11.4 Å². The minimum absolute atomic E-state index is 0.0620. The van der Waals surface area contributed by atoms with E-state index in [0.29, 0.717) is 22.8 Å². The monoisotopic (exact) mass is 465 g/mol. The number of nitrogens with zero attached hydrogens (tertiary/aromatic N) is 3. The lowest BCUT2D eigenvalue weighted by Gasteiger charge is -2.06. The maximum absolute atomic E-state index is 12.7. The van der Waals surface area contributed by atoms with Crippen LogP contribution in [0.1, 0.15) is 17.0 Å². The van der Waals surface area contributed by atoms with Gasteiger partial charge in [0.05, 0.1) is 10.5 Å². The molecule has 7 nitrogen and oxygen atoms in total. The summed E-state index contributed by atoms with van der Waals surface area (Å²) in [6.07, 6.45) is -2.61. The van der Waals surface area contributed by atoms with Crippen molar-refractivity contribution in [1.82, 2.24) is 20.2 Å². The van der Waals surface area contributed by atoms with Crippen molar-refractivity contribution in [3.05, 3.63) is 77.1 Å². The number of aromatic amines is 1. The summed E-state index contributed by atoms with van der Waals surface area (Å²) in [5.41, 5.74) is 0.516. The first kappa shape index (κ1) is 21.0. The van der Waals surface area contributed by atoms with Crippen LogP contribution in [0.2, 0.25) is 0 Å². The van der Waals surface area contributed by atoms with Crippen LogP contribution in [0.4, 0.5) is 18.3 Å². The van der Waals surface area contributed by atoms with Gasteiger partial charge in [-0.05, 0) is 42.0 Å². The van der Waals surface area contributed by atoms with E-state index in [1.165, 1.54) is 41.8 Å². The minimum atomic E-state index is -4.38. The molecular weight excluding hydrogens is 451 g/mol. The number of benzene rings is 2. The molecule has 0 spiro atoms. The molecule has 31 heavy (non-hydrogen) atoms. The Morgan fingerprint density at radius 2 is 1.74 bits per heavy atom. The fourth-order valence-electron chi connectivity index (χ4n) is 2.74.